The number of nitrogens with zero attached hydrogens (tertiary/aromatic N) is 1. The highest BCUT2D eigenvalue weighted by molar-refractivity contribution is 5.74. The van der Waals surface area contributed by atoms with Crippen molar-refractivity contribution < 1.29 is 14.1 Å². The maximum Gasteiger partial charge on any atom is 0.309 e. The van der Waals surface area contributed by atoms with E-state index < -0.39 is 0 Å². The van der Waals surface area contributed by atoms with E-state index in [1.165, 1.54) is 16.8 Å². The number of allylic oxidation sites excluding steroid dienone is 2. The second-order valence-corrected chi connectivity index (χ2v) is 7.34. The summed E-state index contributed by atoms with van der Waals surface area (Å²) in [5, 5.41) is 0. The van der Waals surface area contributed by atoms with E-state index in [-0.39, 0.29) is 11.9 Å². The summed E-state index contributed by atoms with van der Waals surface area (Å²) in [7, 11) is 2.05. The van der Waals surface area contributed by atoms with Crippen LogP contribution in [0.2, 0.25) is 0 Å². The summed E-state index contributed by atoms with van der Waals surface area (Å²) in [4.78, 5) is 12.4. The third-order valence-corrected chi connectivity index (χ3v) is 5.58. The highest BCUT2D eigenvalue weighted by Crippen LogP contribution is 2.43. The van der Waals surface area contributed by atoms with Gasteiger partial charge in [0.1, 0.15) is 13.7 Å². The van der Waals surface area contributed by atoms with Crippen molar-refractivity contribution in [2.45, 2.75) is 26.4 Å². The van der Waals surface area contributed by atoms with Crippen molar-refractivity contribution in [3.63, 3.8) is 0 Å². The predicted molar refractivity (Wildman–Crippen MR) is 96.4 cm³/mol. The Kier molecular flexibility index (Phi) is 4.16. The van der Waals surface area contributed by atoms with Gasteiger partial charge in [0.25, 0.3) is 0 Å². The van der Waals surface area contributed by atoms with E-state index >= 15 is 0 Å². The molecule has 0 N–H and O–H groups in total. The Balaban J connectivity index is 1.44. The summed E-state index contributed by atoms with van der Waals surface area (Å²) in [5.74, 6) is 1.03. The first-order valence-electron chi connectivity index (χ1n) is 9.01. The summed E-state index contributed by atoms with van der Waals surface area (Å²) in [6, 6.07) is 12.5. The van der Waals surface area contributed by atoms with Crippen LogP contribution >= 0.6 is 0 Å². The minimum Gasteiger partial charge on any atom is -0.461 e. The fourth-order valence-electron chi connectivity index (χ4n) is 4.22. The van der Waals surface area contributed by atoms with Gasteiger partial charge in [-0.1, -0.05) is 24.3 Å². The summed E-state index contributed by atoms with van der Waals surface area (Å²) < 4.78 is 7.73. The zero-order valence-electron chi connectivity index (χ0n) is 14.8. The molecule has 0 saturated heterocycles. The fraction of sp³-hybridized carbons (Fsp3) is 0.364. The number of rotatable bonds is 4. The Morgan fingerprint density at radius 3 is 2.76 bits per heavy atom. The quantitative estimate of drug-likeness (QED) is 0.484. The topological polar surface area (TPSA) is 30.2 Å². The molecule has 25 heavy (non-hydrogen) atoms. The lowest BCUT2D eigenvalue weighted by atomic mass is 9.94. The normalized spacial score (nSPS) is 23.8. The number of ether oxygens (including phenoxy) is 1. The molecule has 0 spiro atoms. The zero-order chi connectivity index (χ0) is 17.4. The fourth-order valence-corrected chi connectivity index (χ4v) is 4.22. The Bertz CT molecular complexity index is 840. The molecular formula is C22H24NO2+. The van der Waals surface area contributed by atoms with Gasteiger partial charge < -0.3 is 4.74 Å². The molecule has 1 heterocycles. The number of hydrogen-bond donors (Lipinski definition) is 0. The largest absolute Gasteiger partial charge is 0.461 e. The molecule has 2 aliphatic rings. The lowest BCUT2D eigenvalue weighted by molar-refractivity contribution is -0.660. The molecule has 4 rings (SSSR count). The van der Waals surface area contributed by atoms with Gasteiger partial charge in [-0.25, -0.2) is 4.57 Å². The highest BCUT2D eigenvalue weighted by atomic mass is 16.5. The first-order chi connectivity index (χ1) is 12.1. The molecule has 0 radical (unpaired) electrons. The Hall–Kier alpha value is -2.42. The van der Waals surface area contributed by atoms with E-state index in [1.807, 2.05) is 25.4 Å². The van der Waals surface area contributed by atoms with Gasteiger partial charge in [-0.05, 0) is 54.9 Å². The first-order valence-corrected chi connectivity index (χ1v) is 9.01. The molecule has 2 bridgehead atoms. The van der Waals surface area contributed by atoms with E-state index in [1.54, 1.807) is 0 Å². The summed E-state index contributed by atoms with van der Waals surface area (Å²) in [6.45, 7) is 2.47. The molecule has 3 unspecified atom stereocenters. The molecule has 2 aromatic rings. The number of benzene rings is 1. The van der Waals surface area contributed by atoms with Crippen molar-refractivity contribution >= 4 is 5.97 Å². The van der Waals surface area contributed by atoms with Crippen LogP contribution < -0.4 is 4.57 Å². The van der Waals surface area contributed by atoms with Crippen LogP contribution in [0, 0.1) is 24.7 Å². The number of carbonyl (C=O) groups excluding carboxylic acids is 1. The van der Waals surface area contributed by atoms with E-state index in [0.717, 1.165) is 18.4 Å². The van der Waals surface area contributed by atoms with Crippen LogP contribution in [-0.4, -0.2) is 5.97 Å². The first kappa shape index (κ1) is 16.1. The smallest absolute Gasteiger partial charge is 0.309 e. The van der Waals surface area contributed by atoms with E-state index in [9.17, 15) is 4.79 Å². The van der Waals surface area contributed by atoms with Crippen LogP contribution in [0.15, 0.2) is 54.7 Å². The predicted octanol–water partition coefficient (Wildman–Crippen LogP) is 3.74. The monoisotopic (exact) mass is 334 g/mol. The minimum atomic E-state index is -0.0342. The zero-order valence-corrected chi connectivity index (χ0v) is 14.8. The number of esters is 1. The molecule has 3 nitrogen and oxygen atoms in total. The number of aryl methyl sites for hydroxylation is 2. The van der Waals surface area contributed by atoms with Crippen molar-refractivity contribution in [1.29, 1.82) is 0 Å². The van der Waals surface area contributed by atoms with Gasteiger partial charge in [0.05, 0.1) is 5.92 Å². The van der Waals surface area contributed by atoms with E-state index in [0.29, 0.717) is 18.4 Å². The van der Waals surface area contributed by atoms with Gasteiger partial charge in [0.15, 0.2) is 6.20 Å². The van der Waals surface area contributed by atoms with Crippen LogP contribution in [0.4, 0.5) is 0 Å². The lowest BCUT2D eigenvalue weighted by Gasteiger charge is -2.17. The molecule has 1 saturated carbocycles. The highest BCUT2D eigenvalue weighted by Gasteiger charge is 2.40. The lowest BCUT2D eigenvalue weighted by Crippen LogP contribution is -2.30. The SMILES string of the molecule is Cc1cc(COC(=O)C2CC3C=CC2C3)ccc1-c1cccc[n+]1C. The average molecular weight is 334 g/mol. The molecule has 0 amide bonds. The van der Waals surface area contributed by atoms with Crippen molar-refractivity contribution in [1.82, 2.24) is 0 Å². The molecule has 3 atom stereocenters. The number of fused-ring (bicyclic) bond motifs is 2. The standard InChI is InChI=1S/C22H24NO2/c1-15-11-17(7-9-19(15)21-5-3-4-10-23(21)2)14-25-22(24)20-13-16-6-8-18(20)12-16/h3-11,16,18,20H,12-14H2,1-2H3/q+1. The summed E-state index contributed by atoms with van der Waals surface area (Å²) in [5.41, 5.74) is 4.62. The van der Waals surface area contributed by atoms with Gasteiger partial charge in [-0.2, -0.15) is 0 Å². The molecule has 1 aromatic carbocycles. The van der Waals surface area contributed by atoms with Crippen LogP contribution in [0.1, 0.15) is 24.0 Å². The average Bonchev–Trinajstić information content (AvgIpc) is 3.24. The minimum absolute atomic E-state index is 0.0342. The van der Waals surface area contributed by atoms with Crippen LogP contribution in [0.25, 0.3) is 11.3 Å². The van der Waals surface area contributed by atoms with Crippen LogP contribution in [0.3, 0.4) is 0 Å². The number of aromatic nitrogens is 1. The van der Waals surface area contributed by atoms with Crippen LogP contribution in [-0.2, 0) is 23.2 Å². The number of pyridine rings is 1. The third kappa shape index (κ3) is 3.11. The van der Waals surface area contributed by atoms with Gasteiger partial charge >= 0.3 is 5.97 Å². The van der Waals surface area contributed by atoms with Gasteiger partial charge in [-0.15, -0.1) is 0 Å². The summed E-state index contributed by atoms with van der Waals surface area (Å²) in [6.07, 6.45) is 8.58. The molecule has 1 aromatic heterocycles. The molecule has 0 aliphatic heterocycles. The Labute approximate surface area is 149 Å². The van der Waals surface area contributed by atoms with Crippen molar-refractivity contribution in [3.05, 3.63) is 65.9 Å². The van der Waals surface area contributed by atoms with Crippen molar-refractivity contribution in [3.8, 4) is 11.3 Å². The maximum absolute atomic E-state index is 12.4. The molecule has 2 aliphatic carbocycles. The Morgan fingerprint density at radius 1 is 1.20 bits per heavy atom. The molecule has 3 heteroatoms. The van der Waals surface area contributed by atoms with Crippen LogP contribution in [0.5, 0.6) is 0 Å². The molecular weight excluding hydrogens is 310 g/mol. The Morgan fingerprint density at radius 2 is 2.08 bits per heavy atom. The molecule has 1 fully saturated rings. The van der Waals surface area contributed by atoms with E-state index in [4.69, 9.17) is 4.74 Å². The van der Waals surface area contributed by atoms with E-state index in [2.05, 4.69) is 47.9 Å². The van der Waals surface area contributed by atoms with Gasteiger partial charge in [0.2, 0.25) is 5.69 Å². The van der Waals surface area contributed by atoms with Gasteiger partial charge in [-0.3, -0.25) is 4.79 Å². The number of carbonyl (C=O) groups is 1. The van der Waals surface area contributed by atoms with Gasteiger partial charge in [0, 0.05) is 17.7 Å². The van der Waals surface area contributed by atoms with Crippen molar-refractivity contribution in [2.75, 3.05) is 0 Å². The second-order valence-electron chi connectivity index (χ2n) is 7.34. The second kappa shape index (κ2) is 6.47. The third-order valence-electron chi connectivity index (χ3n) is 5.58. The van der Waals surface area contributed by atoms with Crippen molar-refractivity contribution in [2.24, 2.45) is 24.8 Å². The summed E-state index contributed by atoms with van der Waals surface area (Å²) >= 11 is 0. The maximum atomic E-state index is 12.4. The number of hydrogen-bond acceptors (Lipinski definition) is 2. The molecule has 128 valence electrons.